The Morgan fingerprint density at radius 3 is 2.84 bits per heavy atom. The third kappa shape index (κ3) is 3.83. The van der Waals surface area contributed by atoms with Gasteiger partial charge in [-0.1, -0.05) is 6.92 Å². The molecule has 1 unspecified atom stereocenters. The van der Waals surface area contributed by atoms with Crippen molar-refractivity contribution in [2.75, 3.05) is 6.61 Å². The van der Waals surface area contributed by atoms with Crippen molar-refractivity contribution in [3.63, 3.8) is 0 Å². The summed E-state index contributed by atoms with van der Waals surface area (Å²) in [5.74, 6) is -0.572. The van der Waals surface area contributed by atoms with Gasteiger partial charge in [-0.3, -0.25) is 9.59 Å². The number of ether oxygens (including phenoxy) is 1. The van der Waals surface area contributed by atoms with Gasteiger partial charge < -0.3 is 15.0 Å². The highest BCUT2D eigenvalue weighted by atomic mass is 19.1. The van der Waals surface area contributed by atoms with Crippen LogP contribution in [0.25, 0.3) is 10.9 Å². The molecule has 2 N–H and O–H groups in total. The van der Waals surface area contributed by atoms with E-state index in [4.69, 9.17) is 4.74 Å². The molecule has 1 heterocycles. The van der Waals surface area contributed by atoms with Crippen LogP contribution in [0.5, 0.6) is 0 Å². The summed E-state index contributed by atoms with van der Waals surface area (Å²) in [6.45, 7) is 4.24. The van der Waals surface area contributed by atoms with Crippen molar-refractivity contribution in [1.82, 2.24) is 10.3 Å². The Balaban J connectivity index is 1.63. The van der Waals surface area contributed by atoms with Crippen LogP contribution in [0.1, 0.15) is 43.6 Å². The minimum Gasteiger partial charge on any atom is -0.466 e. The van der Waals surface area contributed by atoms with Gasteiger partial charge in [-0.15, -0.1) is 0 Å². The number of amides is 1. The van der Waals surface area contributed by atoms with E-state index in [-0.39, 0.29) is 35.6 Å². The minimum atomic E-state index is -0.329. The number of fused-ring (bicyclic) bond motifs is 1. The normalized spacial score (nSPS) is 23.4. The molecule has 0 saturated heterocycles. The van der Waals surface area contributed by atoms with Crippen LogP contribution in [0.15, 0.2) is 24.3 Å². The average Bonchev–Trinajstić information content (AvgIpc) is 3.00. The van der Waals surface area contributed by atoms with Gasteiger partial charge in [-0.2, -0.15) is 0 Å². The molecule has 3 rings (SSSR count). The maximum atomic E-state index is 13.3. The Hall–Kier alpha value is -2.37. The zero-order valence-corrected chi connectivity index (χ0v) is 14.5. The summed E-state index contributed by atoms with van der Waals surface area (Å²) in [5, 5.41) is 3.71. The Labute approximate surface area is 145 Å². The number of hydrogen-bond acceptors (Lipinski definition) is 3. The van der Waals surface area contributed by atoms with Crippen molar-refractivity contribution in [3.8, 4) is 0 Å². The number of halogens is 1. The second-order valence-electron chi connectivity index (χ2n) is 6.73. The lowest BCUT2D eigenvalue weighted by molar-refractivity contribution is -0.149. The van der Waals surface area contributed by atoms with Crippen molar-refractivity contribution in [3.05, 3.63) is 35.8 Å². The number of carbonyl (C=O) groups excluding carboxylic acids is 2. The first-order valence-corrected chi connectivity index (χ1v) is 8.73. The standard InChI is InChI=1S/C19H23FN2O3/c1-3-25-19(24)12-4-6-15(11(2)8-12)22-18(23)17-10-13-9-14(20)5-7-16(13)21-17/h5,7,9-12,15,21H,3-4,6,8H2,1-2H3,(H,22,23)/t11-,12+,15?/m1/s1. The maximum absolute atomic E-state index is 13.3. The SMILES string of the molecule is CCOC(=O)[C@H]1CCC(NC(=O)c2cc3cc(F)ccc3[nH]2)[C@H](C)C1. The Bertz CT molecular complexity index is 786. The molecule has 3 atom stereocenters. The minimum absolute atomic E-state index is 0.0151. The Morgan fingerprint density at radius 1 is 1.32 bits per heavy atom. The highest BCUT2D eigenvalue weighted by molar-refractivity contribution is 5.98. The molecule has 0 bridgehead atoms. The lowest BCUT2D eigenvalue weighted by atomic mass is 9.79. The summed E-state index contributed by atoms with van der Waals surface area (Å²) in [6, 6.07) is 6.05. The van der Waals surface area contributed by atoms with E-state index in [1.54, 1.807) is 19.1 Å². The number of benzene rings is 1. The maximum Gasteiger partial charge on any atom is 0.308 e. The predicted octanol–water partition coefficient (Wildman–Crippen LogP) is 3.40. The van der Waals surface area contributed by atoms with Gasteiger partial charge in [0.2, 0.25) is 0 Å². The monoisotopic (exact) mass is 346 g/mol. The van der Waals surface area contributed by atoms with Crippen LogP contribution in [0.4, 0.5) is 4.39 Å². The molecule has 6 heteroatoms. The second-order valence-corrected chi connectivity index (χ2v) is 6.73. The summed E-state index contributed by atoms with van der Waals surface area (Å²) < 4.78 is 18.4. The van der Waals surface area contributed by atoms with E-state index >= 15 is 0 Å². The van der Waals surface area contributed by atoms with Crippen LogP contribution < -0.4 is 5.32 Å². The average molecular weight is 346 g/mol. The fraction of sp³-hybridized carbons (Fsp3) is 0.474. The zero-order valence-electron chi connectivity index (χ0n) is 14.5. The topological polar surface area (TPSA) is 71.2 Å². The Kier molecular flexibility index (Phi) is 5.06. The molecule has 25 heavy (non-hydrogen) atoms. The van der Waals surface area contributed by atoms with E-state index in [0.29, 0.717) is 30.5 Å². The highest BCUT2D eigenvalue weighted by Crippen LogP contribution is 2.30. The molecule has 1 aromatic heterocycles. The molecule has 1 aromatic carbocycles. The van der Waals surface area contributed by atoms with Crippen molar-refractivity contribution in [2.45, 2.75) is 39.2 Å². The molecule has 0 spiro atoms. The fourth-order valence-electron chi connectivity index (χ4n) is 3.56. The number of aromatic amines is 1. The van der Waals surface area contributed by atoms with Crippen LogP contribution >= 0.6 is 0 Å². The van der Waals surface area contributed by atoms with Crippen LogP contribution in [0, 0.1) is 17.7 Å². The van der Waals surface area contributed by atoms with E-state index in [1.165, 1.54) is 12.1 Å². The van der Waals surface area contributed by atoms with E-state index in [1.807, 2.05) is 6.92 Å². The molecular formula is C19H23FN2O3. The first kappa shape index (κ1) is 17.5. The number of carbonyl (C=O) groups is 2. The molecule has 134 valence electrons. The zero-order chi connectivity index (χ0) is 18.0. The summed E-state index contributed by atoms with van der Waals surface area (Å²) in [4.78, 5) is 27.4. The fourth-order valence-corrected chi connectivity index (χ4v) is 3.56. The summed E-state index contributed by atoms with van der Waals surface area (Å²) in [7, 11) is 0. The van der Waals surface area contributed by atoms with E-state index in [9.17, 15) is 14.0 Å². The number of hydrogen-bond donors (Lipinski definition) is 2. The second kappa shape index (κ2) is 7.25. The van der Waals surface area contributed by atoms with Crippen LogP contribution in [-0.4, -0.2) is 29.5 Å². The Morgan fingerprint density at radius 2 is 2.12 bits per heavy atom. The van der Waals surface area contributed by atoms with E-state index in [0.717, 1.165) is 11.9 Å². The van der Waals surface area contributed by atoms with Gasteiger partial charge in [0, 0.05) is 16.9 Å². The molecule has 0 aliphatic heterocycles. The number of aromatic nitrogens is 1. The lowest BCUT2D eigenvalue weighted by Gasteiger charge is -2.33. The summed E-state index contributed by atoms with van der Waals surface area (Å²) in [5.41, 5.74) is 1.14. The van der Waals surface area contributed by atoms with Gasteiger partial charge in [0.25, 0.3) is 5.91 Å². The molecule has 0 radical (unpaired) electrons. The van der Waals surface area contributed by atoms with E-state index < -0.39 is 0 Å². The van der Waals surface area contributed by atoms with Gasteiger partial charge in [0.1, 0.15) is 11.5 Å². The third-order valence-corrected chi connectivity index (χ3v) is 4.93. The number of esters is 1. The smallest absolute Gasteiger partial charge is 0.308 e. The van der Waals surface area contributed by atoms with Crippen LogP contribution in [0.3, 0.4) is 0 Å². The number of nitrogens with one attached hydrogen (secondary N) is 2. The largest absolute Gasteiger partial charge is 0.466 e. The van der Waals surface area contributed by atoms with E-state index in [2.05, 4.69) is 10.3 Å². The first-order chi connectivity index (χ1) is 12.0. The van der Waals surface area contributed by atoms with Gasteiger partial charge in [0.15, 0.2) is 0 Å². The molecule has 1 aliphatic carbocycles. The lowest BCUT2D eigenvalue weighted by Crippen LogP contribution is -2.44. The van der Waals surface area contributed by atoms with Crippen molar-refractivity contribution in [1.29, 1.82) is 0 Å². The van der Waals surface area contributed by atoms with Crippen molar-refractivity contribution in [2.24, 2.45) is 11.8 Å². The van der Waals surface area contributed by atoms with Crippen LogP contribution in [0.2, 0.25) is 0 Å². The number of H-pyrrole nitrogens is 1. The van der Waals surface area contributed by atoms with Crippen LogP contribution in [-0.2, 0) is 9.53 Å². The first-order valence-electron chi connectivity index (χ1n) is 8.73. The molecule has 2 aromatic rings. The van der Waals surface area contributed by atoms with Crippen molar-refractivity contribution >= 4 is 22.8 Å². The van der Waals surface area contributed by atoms with Gasteiger partial charge >= 0.3 is 5.97 Å². The molecule has 1 amide bonds. The number of rotatable bonds is 4. The molecule has 5 nitrogen and oxygen atoms in total. The van der Waals surface area contributed by atoms with Crippen molar-refractivity contribution < 1.29 is 18.7 Å². The van der Waals surface area contributed by atoms with Gasteiger partial charge in [-0.05, 0) is 56.4 Å². The quantitative estimate of drug-likeness (QED) is 0.834. The van der Waals surface area contributed by atoms with Gasteiger partial charge in [0.05, 0.1) is 12.5 Å². The summed E-state index contributed by atoms with van der Waals surface area (Å²) in [6.07, 6.45) is 2.17. The molecule has 1 aliphatic rings. The highest BCUT2D eigenvalue weighted by Gasteiger charge is 2.33. The molecule has 1 fully saturated rings. The summed E-state index contributed by atoms with van der Waals surface area (Å²) >= 11 is 0. The molecular weight excluding hydrogens is 323 g/mol. The predicted molar refractivity (Wildman–Crippen MR) is 92.6 cm³/mol. The third-order valence-electron chi connectivity index (χ3n) is 4.93. The molecule has 1 saturated carbocycles. The van der Waals surface area contributed by atoms with Gasteiger partial charge in [-0.25, -0.2) is 4.39 Å².